The zero-order valence-electron chi connectivity index (χ0n) is 14.6. The van der Waals surface area contributed by atoms with Gasteiger partial charge in [0.2, 0.25) is 0 Å². The topological polar surface area (TPSA) is 38.8 Å². The summed E-state index contributed by atoms with van der Waals surface area (Å²) < 4.78 is 37.8. The molecule has 1 aliphatic heterocycles. The number of rotatable bonds is 5. The van der Waals surface area contributed by atoms with Crippen molar-refractivity contribution in [2.75, 3.05) is 20.2 Å². The molecule has 1 heterocycles. The predicted octanol–water partition coefficient (Wildman–Crippen LogP) is 3.79. The van der Waals surface area contributed by atoms with Crippen LogP contribution < -0.4 is 4.74 Å². The fraction of sp³-hybridized carbons (Fsp3) is 0.350. The van der Waals surface area contributed by atoms with Gasteiger partial charge in [0.25, 0.3) is 5.91 Å². The quantitative estimate of drug-likeness (QED) is 0.813. The highest BCUT2D eigenvalue weighted by Gasteiger charge is 2.25. The second kappa shape index (κ2) is 8.27. The van der Waals surface area contributed by atoms with E-state index in [1.165, 1.54) is 0 Å². The Morgan fingerprint density at radius 1 is 1.23 bits per heavy atom. The van der Waals surface area contributed by atoms with Crippen molar-refractivity contribution in [3.8, 4) is 5.75 Å². The third-order valence-electron chi connectivity index (χ3n) is 4.46. The van der Waals surface area contributed by atoms with Gasteiger partial charge in [0.05, 0.1) is 19.8 Å². The molecule has 1 atom stereocenters. The molecule has 0 radical (unpaired) electrons. The summed E-state index contributed by atoms with van der Waals surface area (Å²) in [6.07, 6.45) is 1.37. The molecule has 0 aromatic heterocycles. The lowest BCUT2D eigenvalue weighted by Crippen LogP contribution is -2.43. The smallest absolute Gasteiger partial charge is 0.254 e. The standard InChI is InChI=1S/C20H21F2NO3/c1-25-17-5-2-4-14(11-17)20(24)23-9-3-6-18(12-23)26-13-15-10-16(21)7-8-19(15)22/h2,4-5,7-8,10-11,18H,3,6,9,12-13H2,1H3/t18-/m0/s1. The molecule has 1 amide bonds. The molecule has 26 heavy (non-hydrogen) atoms. The van der Waals surface area contributed by atoms with Gasteiger partial charge in [-0.15, -0.1) is 0 Å². The predicted molar refractivity (Wildman–Crippen MR) is 93.1 cm³/mol. The molecule has 0 saturated carbocycles. The van der Waals surface area contributed by atoms with Crippen LogP contribution >= 0.6 is 0 Å². The molecule has 3 rings (SSSR count). The minimum atomic E-state index is -0.497. The number of hydrogen-bond donors (Lipinski definition) is 0. The molecular formula is C20H21F2NO3. The molecular weight excluding hydrogens is 340 g/mol. The molecule has 4 nitrogen and oxygen atoms in total. The van der Waals surface area contributed by atoms with Gasteiger partial charge < -0.3 is 14.4 Å². The van der Waals surface area contributed by atoms with E-state index in [9.17, 15) is 13.6 Å². The van der Waals surface area contributed by atoms with Crippen LogP contribution in [-0.2, 0) is 11.3 Å². The molecule has 0 N–H and O–H groups in total. The summed E-state index contributed by atoms with van der Waals surface area (Å²) in [5.41, 5.74) is 0.738. The first-order valence-electron chi connectivity index (χ1n) is 8.55. The van der Waals surface area contributed by atoms with Crippen LogP contribution in [0.4, 0.5) is 8.78 Å². The van der Waals surface area contributed by atoms with E-state index in [1.54, 1.807) is 36.3 Å². The highest BCUT2D eigenvalue weighted by Crippen LogP contribution is 2.20. The number of carbonyl (C=O) groups excluding carboxylic acids is 1. The molecule has 0 aliphatic carbocycles. The van der Waals surface area contributed by atoms with Crippen molar-refractivity contribution in [1.82, 2.24) is 4.90 Å². The number of piperidine rings is 1. The largest absolute Gasteiger partial charge is 0.497 e. The maximum absolute atomic E-state index is 13.7. The van der Waals surface area contributed by atoms with Gasteiger partial charge in [-0.05, 0) is 49.2 Å². The molecule has 0 unspecified atom stereocenters. The average molecular weight is 361 g/mol. The van der Waals surface area contributed by atoms with Gasteiger partial charge in [-0.2, -0.15) is 0 Å². The van der Waals surface area contributed by atoms with Gasteiger partial charge in [-0.3, -0.25) is 4.79 Å². The Labute approximate surface area is 151 Å². The highest BCUT2D eigenvalue weighted by atomic mass is 19.1. The van der Waals surface area contributed by atoms with Crippen LogP contribution in [0.1, 0.15) is 28.8 Å². The number of nitrogens with zero attached hydrogens (tertiary/aromatic N) is 1. The van der Waals surface area contributed by atoms with E-state index in [0.717, 1.165) is 31.0 Å². The van der Waals surface area contributed by atoms with Gasteiger partial charge in [-0.1, -0.05) is 6.07 Å². The van der Waals surface area contributed by atoms with Crippen molar-refractivity contribution in [3.63, 3.8) is 0 Å². The number of carbonyl (C=O) groups is 1. The summed E-state index contributed by atoms with van der Waals surface area (Å²) in [6.45, 7) is 1.05. The fourth-order valence-electron chi connectivity index (χ4n) is 3.06. The number of halogens is 2. The average Bonchev–Trinajstić information content (AvgIpc) is 2.68. The van der Waals surface area contributed by atoms with Crippen molar-refractivity contribution in [2.24, 2.45) is 0 Å². The Morgan fingerprint density at radius 2 is 2.08 bits per heavy atom. The number of amides is 1. The third-order valence-corrected chi connectivity index (χ3v) is 4.46. The van der Waals surface area contributed by atoms with E-state index >= 15 is 0 Å². The van der Waals surface area contributed by atoms with Crippen molar-refractivity contribution in [1.29, 1.82) is 0 Å². The number of hydrogen-bond acceptors (Lipinski definition) is 3. The first kappa shape index (κ1) is 18.3. The first-order chi connectivity index (χ1) is 12.6. The number of ether oxygens (including phenoxy) is 2. The molecule has 1 aliphatic rings. The van der Waals surface area contributed by atoms with E-state index in [0.29, 0.717) is 24.4 Å². The summed E-state index contributed by atoms with van der Waals surface area (Å²) in [5.74, 6) is -0.452. The maximum Gasteiger partial charge on any atom is 0.254 e. The lowest BCUT2D eigenvalue weighted by atomic mass is 10.1. The third kappa shape index (κ3) is 4.38. The van der Waals surface area contributed by atoms with E-state index in [4.69, 9.17) is 9.47 Å². The lowest BCUT2D eigenvalue weighted by Gasteiger charge is -2.32. The molecule has 1 fully saturated rings. The van der Waals surface area contributed by atoms with Gasteiger partial charge in [0.15, 0.2) is 0 Å². The zero-order chi connectivity index (χ0) is 18.5. The van der Waals surface area contributed by atoms with E-state index in [-0.39, 0.29) is 24.2 Å². The number of methoxy groups -OCH3 is 1. The van der Waals surface area contributed by atoms with Gasteiger partial charge in [-0.25, -0.2) is 8.78 Å². The Bertz CT molecular complexity index is 781. The van der Waals surface area contributed by atoms with E-state index in [2.05, 4.69) is 0 Å². The van der Waals surface area contributed by atoms with E-state index < -0.39 is 11.6 Å². The Balaban J connectivity index is 1.61. The SMILES string of the molecule is COc1cccc(C(=O)N2CCC[C@H](OCc3cc(F)ccc3F)C2)c1. The van der Waals surface area contributed by atoms with Gasteiger partial charge in [0, 0.05) is 24.2 Å². The molecule has 2 aromatic rings. The van der Waals surface area contributed by atoms with Crippen LogP contribution in [0.25, 0.3) is 0 Å². The minimum Gasteiger partial charge on any atom is -0.497 e. The highest BCUT2D eigenvalue weighted by molar-refractivity contribution is 5.94. The van der Waals surface area contributed by atoms with Crippen molar-refractivity contribution < 1.29 is 23.0 Å². The van der Waals surface area contributed by atoms with Crippen molar-refractivity contribution >= 4 is 5.91 Å². The summed E-state index contributed by atoms with van der Waals surface area (Å²) >= 11 is 0. The van der Waals surface area contributed by atoms with Crippen molar-refractivity contribution in [3.05, 3.63) is 65.2 Å². The van der Waals surface area contributed by atoms with Crippen LogP contribution in [0.2, 0.25) is 0 Å². The fourth-order valence-corrected chi connectivity index (χ4v) is 3.06. The van der Waals surface area contributed by atoms with Gasteiger partial charge in [0.1, 0.15) is 17.4 Å². The number of benzene rings is 2. The van der Waals surface area contributed by atoms with Crippen LogP contribution in [0, 0.1) is 11.6 Å². The van der Waals surface area contributed by atoms with Crippen LogP contribution in [0.15, 0.2) is 42.5 Å². The van der Waals surface area contributed by atoms with Crippen molar-refractivity contribution in [2.45, 2.75) is 25.6 Å². The minimum absolute atomic E-state index is 0.0184. The van der Waals surface area contributed by atoms with Gasteiger partial charge >= 0.3 is 0 Å². The van der Waals surface area contributed by atoms with Crippen LogP contribution in [-0.4, -0.2) is 37.1 Å². The molecule has 6 heteroatoms. The molecule has 0 bridgehead atoms. The van der Waals surface area contributed by atoms with Crippen LogP contribution in [0.5, 0.6) is 5.75 Å². The summed E-state index contributed by atoms with van der Waals surface area (Å²) in [5, 5.41) is 0. The Morgan fingerprint density at radius 3 is 2.88 bits per heavy atom. The first-order valence-corrected chi connectivity index (χ1v) is 8.55. The van der Waals surface area contributed by atoms with Crippen LogP contribution in [0.3, 0.4) is 0 Å². The van der Waals surface area contributed by atoms with E-state index in [1.807, 2.05) is 0 Å². The summed E-state index contributed by atoms with van der Waals surface area (Å²) in [7, 11) is 1.56. The molecule has 2 aromatic carbocycles. The molecule has 0 spiro atoms. The summed E-state index contributed by atoms with van der Waals surface area (Å²) in [6, 6.07) is 10.3. The number of likely N-dealkylation sites (tertiary alicyclic amines) is 1. The maximum atomic E-state index is 13.7. The zero-order valence-corrected chi connectivity index (χ0v) is 14.6. The normalized spacial score (nSPS) is 17.2. The second-order valence-corrected chi connectivity index (χ2v) is 6.29. The summed E-state index contributed by atoms with van der Waals surface area (Å²) in [4.78, 5) is 14.4. The molecule has 138 valence electrons. The molecule has 1 saturated heterocycles. The monoisotopic (exact) mass is 361 g/mol. The Hall–Kier alpha value is -2.47. The lowest BCUT2D eigenvalue weighted by molar-refractivity contribution is -0.00770. The second-order valence-electron chi connectivity index (χ2n) is 6.29. The Kier molecular flexibility index (Phi) is 5.83.